The number of urea groups is 1. The number of benzene rings is 1. The van der Waals surface area contributed by atoms with E-state index in [1.165, 1.54) is 18.2 Å². The molecule has 3 amide bonds. The summed E-state index contributed by atoms with van der Waals surface area (Å²) < 4.78 is 13.4. The first-order valence-electron chi connectivity index (χ1n) is 4.87. The third kappa shape index (κ3) is 4.76. The molecule has 0 heterocycles. The van der Waals surface area contributed by atoms with E-state index < -0.39 is 23.7 Å². The van der Waals surface area contributed by atoms with E-state index in [1.54, 1.807) is 5.32 Å². The highest BCUT2D eigenvalue weighted by Gasteiger charge is 2.10. The Bertz CT molecular complexity index is 560. The summed E-state index contributed by atoms with van der Waals surface area (Å²) in [4.78, 5) is 32.5. The van der Waals surface area contributed by atoms with Gasteiger partial charge in [-0.15, -0.1) is 0 Å². The van der Waals surface area contributed by atoms with Crippen LogP contribution in [0, 0.1) is 5.82 Å². The summed E-state index contributed by atoms with van der Waals surface area (Å²) in [6, 6.07) is 2.94. The summed E-state index contributed by atoms with van der Waals surface area (Å²) in [5.41, 5.74) is -0.208. The van der Waals surface area contributed by atoms with Gasteiger partial charge in [-0.2, -0.15) is 0 Å². The number of hydrogen-bond donors (Lipinski definition) is 3. The van der Waals surface area contributed by atoms with Crippen LogP contribution >= 0.6 is 11.6 Å². The maximum atomic E-state index is 13.4. The number of imide groups is 1. The van der Waals surface area contributed by atoms with Crippen molar-refractivity contribution in [2.24, 2.45) is 0 Å². The second-order valence-corrected chi connectivity index (χ2v) is 3.62. The zero-order valence-electron chi connectivity index (χ0n) is 9.31. The molecule has 0 saturated carbocycles. The zero-order chi connectivity index (χ0) is 14.4. The monoisotopic (exact) mass is 286 g/mol. The molecule has 0 aliphatic heterocycles. The highest BCUT2D eigenvalue weighted by atomic mass is 35.5. The number of nitrogens with one attached hydrogen (secondary N) is 2. The molecule has 1 aromatic rings. The lowest BCUT2D eigenvalue weighted by Gasteiger charge is -2.06. The van der Waals surface area contributed by atoms with Crippen LogP contribution in [0.2, 0.25) is 5.02 Å². The third-order valence-corrected chi connectivity index (χ3v) is 2.11. The minimum atomic E-state index is -1.34. The largest absolute Gasteiger partial charge is 0.478 e. The van der Waals surface area contributed by atoms with E-state index in [0.717, 1.165) is 0 Å². The maximum Gasteiger partial charge on any atom is 0.328 e. The molecule has 0 saturated heterocycles. The molecular formula is C11H8ClFN2O4. The van der Waals surface area contributed by atoms with E-state index in [-0.39, 0.29) is 10.7 Å². The van der Waals surface area contributed by atoms with Gasteiger partial charge in [0.1, 0.15) is 0 Å². The fourth-order valence-corrected chi connectivity index (χ4v) is 1.23. The molecule has 3 N–H and O–H groups in total. The smallest absolute Gasteiger partial charge is 0.328 e. The van der Waals surface area contributed by atoms with Gasteiger partial charge in [0, 0.05) is 12.2 Å². The van der Waals surface area contributed by atoms with E-state index in [1.807, 2.05) is 0 Å². The molecular weight excluding hydrogens is 279 g/mol. The number of amides is 3. The van der Waals surface area contributed by atoms with Gasteiger partial charge in [-0.3, -0.25) is 10.1 Å². The molecule has 0 radical (unpaired) electrons. The van der Waals surface area contributed by atoms with Crippen LogP contribution in [0.3, 0.4) is 0 Å². The molecule has 0 bridgehead atoms. The number of rotatable bonds is 3. The van der Waals surface area contributed by atoms with Crippen molar-refractivity contribution in [1.82, 2.24) is 5.32 Å². The van der Waals surface area contributed by atoms with E-state index >= 15 is 0 Å². The van der Waals surface area contributed by atoms with Crippen LogP contribution in [0.25, 0.3) is 0 Å². The molecule has 0 aromatic heterocycles. The Morgan fingerprint density at radius 3 is 2.58 bits per heavy atom. The highest BCUT2D eigenvalue weighted by Crippen LogP contribution is 2.21. The topological polar surface area (TPSA) is 95.5 Å². The Morgan fingerprint density at radius 2 is 1.95 bits per heavy atom. The third-order valence-electron chi connectivity index (χ3n) is 1.81. The van der Waals surface area contributed by atoms with Gasteiger partial charge in [-0.05, 0) is 12.1 Å². The Hall–Kier alpha value is -2.41. The summed E-state index contributed by atoms with van der Waals surface area (Å²) in [5.74, 6) is -3.13. The Morgan fingerprint density at radius 1 is 1.26 bits per heavy atom. The predicted octanol–water partition coefficient (Wildman–Crippen LogP) is 1.77. The second-order valence-electron chi connectivity index (χ2n) is 3.22. The molecule has 19 heavy (non-hydrogen) atoms. The summed E-state index contributed by atoms with van der Waals surface area (Å²) in [6.45, 7) is 0. The van der Waals surface area contributed by atoms with Crippen molar-refractivity contribution < 1.29 is 23.9 Å². The minimum Gasteiger partial charge on any atom is -0.478 e. The molecule has 8 heteroatoms. The van der Waals surface area contributed by atoms with E-state index in [2.05, 4.69) is 5.32 Å². The van der Waals surface area contributed by atoms with Gasteiger partial charge >= 0.3 is 12.0 Å². The SMILES string of the molecule is O=C(O)/C=C/C(=O)NC(=O)Nc1cccc(Cl)c1F. The highest BCUT2D eigenvalue weighted by molar-refractivity contribution is 6.31. The molecule has 0 fully saturated rings. The Kier molecular flexibility index (Phi) is 5.01. The maximum absolute atomic E-state index is 13.4. The van der Waals surface area contributed by atoms with Crippen LogP contribution in [0.1, 0.15) is 0 Å². The molecule has 1 aromatic carbocycles. The summed E-state index contributed by atoms with van der Waals surface area (Å²) in [5, 5.41) is 11.9. The number of carboxylic acids is 1. The summed E-state index contributed by atoms with van der Waals surface area (Å²) >= 11 is 5.50. The van der Waals surface area contributed by atoms with Crippen LogP contribution in [0.4, 0.5) is 14.9 Å². The van der Waals surface area contributed by atoms with Crippen LogP contribution < -0.4 is 10.6 Å². The fraction of sp³-hybridized carbons (Fsp3) is 0. The second kappa shape index (κ2) is 6.50. The number of hydrogen-bond acceptors (Lipinski definition) is 3. The average molecular weight is 287 g/mol. The van der Waals surface area contributed by atoms with Gasteiger partial charge in [0.05, 0.1) is 10.7 Å². The van der Waals surface area contributed by atoms with Crippen molar-refractivity contribution in [3.63, 3.8) is 0 Å². The lowest BCUT2D eigenvalue weighted by atomic mass is 10.3. The van der Waals surface area contributed by atoms with E-state index in [4.69, 9.17) is 16.7 Å². The molecule has 0 aliphatic rings. The molecule has 0 atom stereocenters. The van der Waals surface area contributed by atoms with Crippen molar-refractivity contribution in [3.05, 3.63) is 41.2 Å². The number of halogens is 2. The fourth-order valence-electron chi connectivity index (χ4n) is 1.05. The molecule has 0 spiro atoms. The number of carbonyl (C=O) groups is 3. The normalized spacial score (nSPS) is 10.2. The van der Waals surface area contributed by atoms with E-state index in [9.17, 15) is 18.8 Å². The van der Waals surface area contributed by atoms with Gasteiger partial charge in [0.2, 0.25) is 0 Å². The first-order valence-corrected chi connectivity index (χ1v) is 5.25. The van der Waals surface area contributed by atoms with E-state index in [0.29, 0.717) is 12.2 Å². The van der Waals surface area contributed by atoms with Crippen LogP contribution in [0.15, 0.2) is 30.4 Å². The standard InChI is InChI=1S/C11H8ClFN2O4/c12-6-2-1-3-7(10(6)13)14-11(19)15-8(16)4-5-9(17)18/h1-5H,(H,17,18)(H2,14,15,16,19)/b5-4+. The van der Waals surface area contributed by atoms with Crippen molar-refractivity contribution in [2.75, 3.05) is 5.32 Å². The first kappa shape index (κ1) is 14.7. The molecule has 100 valence electrons. The average Bonchev–Trinajstić information content (AvgIpc) is 2.32. The van der Waals surface area contributed by atoms with Crippen LogP contribution in [-0.2, 0) is 9.59 Å². The van der Waals surface area contributed by atoms with Gasteiger partial charge in [0.15, 0.2) is 5.82 Å². The number of anilines is 1. The number of carboxylic acid groups (broad SMARTS) is 1. The van der Waals surface area contributed by atoms with Gasteiger partial charge in [0.25, 0.3) is 5.91 Å². The van der Waals surface area contributed by atoms with Gasteiger partial charge in [-0.1, -0.05) is 17.7 Å². The summed E-state index contributed by atoms with van der Waals surface area (Å²) in [6.07, 6.45) is 1.21. The van der Waals surface area contributed by atoms with Crippen LogP contribution in [0.5, 0.6) is 0 Å². The van der Waals surface area contributed by atoms with Crippen molar-refractivity contribution in [2.45, 2.75) is 0 Å². The van der Waals surface area contributed by atoms with Crippen molar-refractivity contribution in [1.29, 1.82) is 0 Å². The lowest BCUT2D eigenvalue weighted by molar-refractivity contribution is -0.131. The molecule has 1 rings (SSSR count). The molecule has 0 aliphatic carbocycles. The molecule has 0 unspecified atom stereocenters. The summed E-state index contributed by atoms with van der Waals surface area (Å²) in [7, 11) is 0. The predicted molar refractivity (Wildman–Crippen MR) is 65.3 cm³/mol. The minimum absolute atomic E-state index is 0.185. The lowest BCUT2D eigenvalue weighted by Crippen LogP contribution is -2.33. The zero-order valence-corrected chi connectivity index (χ0v) is 10.1. The number of carbonyl (C=O) groups excluding carboxylic acids is 2. The first-order chi connectivity index (χ1) is 8.90. The quantitative estimate of drug-likeness (QED) is 0.738. The Labute approximate surface area is 111 Å². The molecule has 6 nitrogen and oxygen atoms in total. The van der Waals surface area contributed by atoms with Crippen molar-refractivity contribution in [3.8, 4) is 0 Å². The number of aliphatic carboxylic acids is 1. The van der Waals surface area contributed by atoms with Crippen molar-refractivity contribution >= 4 is 35.2 Å². The van der Waals surface area contributed by atoms with Gasteiger partial charge in [-0.25, -0.2) is 14.0 Å². The Balaban J connectivity index is 2.63. The van der Waals surface area contributed by atoms with Gasteiger partial charge < -0.3 is 10.4 Å². The van der Waals surface area contributed by atoms with Crippen LogP contribution in [-0.4, -0.2) is 23.0 Å².